The largest absolute Gasteiger partial charge is 0.465 e. The maximum Gasteiger partial charge on any atom is 0.408 e. The number of carbonyl (C=O) groups is 3. The van der Waals surface area contributed by atoms with Gasteiger partial charge in [-0.2, -0.15) is 5.10 Å². The predicted molar refractivity (Wildman–Crippen MR) is 131 cm³/mol. The number of hydrazone groups is 1. The van der Waals surface area contributed by atoms with Gasteiger partial charge in [0.15, 0.2) is 0 Å². The summed E-state index contributed by atoms with van der Waals surface area (Å²) in [6.07, 6.45) is 2.02. The molecule has 1 aliphatic heterocycles. The first kappa shape index (κ1) is 24.0. The number of nitrogens with one attached hydrogen (secondary N) is 3. The van der Waals surface area contributed by atoms with Gasteiger partial charge in [-0.3, -0.25) is 14.5 Å². The number of aromatic nitrogens is 1. The molecule has 10 heteroatoms. The predicted octanol–water partition coefficient (Wildman–Crippen LogP) is 3.55. The van der Waals surface area contributed by atoms with E-state index in [4.69, 9.17) is 4.74 Å². The minimum absolute atomic E-state index is 0.152. The third kappa shape index (κ3) is 5.17. The molecule has 0 saturated heterocycles. The van der Waals surface area contributed by atoms with E-state index >= 15 is 0 Å². The van der Waals surface area contributed by atoms with Crippen LogP contribution < -0.4 is 10.7 Å². The van der Waals surface area contributed by atoms with Crippen LogP contribution in [0.1, 0.15) is 42.3 Å². The molecular weight excluding hydrogens is 450 g/mol. The minimum atomic E-state index is -1.24. The third-order valence-corrected chi connectivity index (χ3v) is 5.62. The maximum absolute atomic E-state index is 13.4. The smallest absolute Gasteiger partial charge is 0.408 e. The summed E-state index contributed by atoms with van der Waals surface area (Å²) < 4.78 is 5.78. The van der Waals surface area contributed by atoms with Crippen molar-refractivity contribution in [2.24, 2.45) is 5.10 Å². The second kappa shape index (κ2) is 9.59. The Bertz CT molecular complexity index is 1290. The molecule has 0 saturated carbocycles. The molecule has 4 N–H and O–H groups in total. The Balaban J connectivity index is 1.61. The molecule has 182 valence electrons. The van der Waals surface area contributed by atoms with E-state index < -0.39 is 29.5 Å². The highest BCUT2D eigenvalue weighted by Gasteiger charge is 2.38. The van der Waals surface area contributed by atoms with Crippen molar-refractivity contribution in [3.05, 3.63) is 65.4 Å². The van der Waals surface area contributed by atoms with Crippen LogP contribution in [0.2, 0.25) is 0 Å². The summed E-state index contributed by atoms with van der Waals surface area (Å²) in [6, 6.07) is 11.5. The zero-order valence-electron chi connectivity index (χ0n) is 19.7. The van der Waals surface area contributed by atoms with Gasteiger partial charge in [0.25, 0.3) is 5.91 Å². The molecule has 3 aromatic rings. The summed E-state index contributed by atoms with van der Waals surface area (Å²) in [5.41, 5.74) is 4.53. The zero-order valence-corrected chi connectivity index (χ0v) is 19.7. The van der Waals surface area contributed by atoms with Crippen molar-refractivity contribution in [2.45, 2.75) is 39.0 Å². The Kier molecular flexibility index (Phi) is 6.57. The molecular formula is C25H27N5O5. The quantitative estimate of drug-likeness (QED) is 0.413. The number of H-pyrrole nitrogens is 1. The fourth-order valence-corrected chi connectivity index (χ4v) is 4.11. The molecule has 2 heterocycles. The number of amides is 3. The average Bonchev–Trinajstić information content (AvgIpc) is 3.12. The lowest BCUT2D eigenvalue weighted by molar-refractivity contribution is -0.125. The number of benzene rings is 2. The van der Waals surface area contributed by atoms with Crippen molar-refractivity contribution in [3.63, 3.8) is 0 Å². The Hall–Kier alpha value is -4.18. The van der Waals surface area contributed by atoms with E-state index in [1.165, 1.54) is 0 Å². The van der Waals surface area contributed by atoms with Crippen molar-refractivity contribution < 1.29 is 24.2 Å². The first-order valence-electron chi connectivity index (χ1n) is 11.1. The number of aromatic amines is 1. The molecule has 0 unspecified atom stereocenters. The van der Waals surface area contributed by atoms with Crippen molar-refractivity contribution in [1.29, 1.82) is 0 Å². The lowest BCUT2D eigenvalue weighted by atomic mass is 10.0. The Labute approximate surface area is 202 Å². The molecule has 1 atom stereocenters. The third-order valence-electron chi connectivity index (χ3n) is 5.62. The first-order valence-corrected chi connectivity index (χ1v) is 11.1. The van der Waals surface area contributed by atoms with Gasteiger partial charge in [0.05, 0.1) is 25.0 Å². The summed E-state index contributed by atoms with van der Waals surface area (Å²) in [4.78, 5) is 42.2. The van der Waals surface area contributed by atoms with Gasteiger partial charge in [-0.25, -0.2) is 10.2 Å². The van der Waals surface area contributed by atoms with E-state index in [0.29, 0.717) is 22.2 Å². The average molecular weight is 478 g/mol. The number of carboxylic acid groups (broad SMARTS) is 1. The number of ether oxygens (including phenoxy) is 1. The van der Waals surface area contributed by atoms with E-state index in [9.17, 15) is 19.5 Å². The molecule has 2 aromatic carbocycles. The highest BCUT2D eigenvalue weighted by atomic mass is 16.5. The molecule has 1 aromatic heterocycles. The fraction of sp³-hybridized carbons (Fsp3) is 0.280. The van der Waals surface area contributed by atoms with Crippen LogP contribution in [0.3, 0.4) is 0 Å². The highest BCUT2D eigenvalue weighted by molar-refractivity contribution is 6.15. The number of nitrogens with zero attached hydrogens (tertiary/aromatic N) is 2. The van der Waals surface area contributed by atoms with Crippen LogP contribution >= 0.6 is 0 Å². The highest BCUT2D eigenvalue weighted by Crippen LogP contribution is 2.28. The van der Waals surface area contributed by atoms with Gasteiger partial charge >= 0.3 is 6.09 Å². The summed E-state index contributed by atoms with van der Waals surface area (Å²) >= 11 is 0. The van der Waals surface area contributed by atoms with Crippen LogP contribution in [0.15, 0.2) is 53.8 Å². The van der Waals surface area contributed by atoms with Crippen LogP contribution in [0, 0.1) is 0 Å². The second-order valence-corrected chi connectivity index (χ2v) is 9.22. The Morgan fingerprint density at radius 2 is 1.94 bits per heavy atom. The standard InChI is InChI=1S/C25H27N5O5/c1-25(2,3)30(24(33)34)20(14-35-13-15-7-5-4-6-8-15)23(32)28-17-9-18-21-16(11-26-19(21)10-17)12-27-29-22(18)31/h4-12,20,26H,13-14H2,1-3H3,(H,28,32)(H,29,31)(H,33,34)/t20-/m1/s1. The first-order chi connectivity index (χ1) is 16.6. The number of hydrogen-bond donors (Lipinski definition) is 4. The van der Waals surface area contributed by atoms with E-state index in [2.05, 4.69) is 20.8 Å². The number of hydrogen-bond acceptors (Lipinski definition) is 5. The monoisotopic (exact) mass is 477 g/mol. The van der Waals surface area contributed by atoms with Crippen LogP contribution in [0.25, 0.3) is 10.9 Å². The van der Waals surface area contributed by atoms with Gasteiger partial charge < -0.3 is 20.1 Å². The van der Waals surface area contributed by atoms with Crippen molar-refractivity contribution in [3.8, 4) is 0 Å². The molecule has 35 heavy (non-hydrogen) atoms. The molecule has 1 aliphatic rings. The number of carbonyl (C=O) groups excluding carboxylic acids is 2. The zero-order chi connectivity index (χ0) is 25.2. The van der Waals surface area contributed by atoms with Gasteiger partial charge in [0.2, 0.25) is 5.91 Å². The van der Waals surface area contributed by atoms with Gasteiger partial charge in [0.1, 0.15) is 6.04 Å². The van der Waals surface area contributed by atoms with Crippen LogP contribution in [-0.2, 0) is 16.1 Å². The molecule has 0 bridgehead atoms. The van der Waals surface area contributed by atoms with Gasteiger partial charge in [0, 0.05) is 33.9 Å². The van der Waals surface area contributed by atoms with E-state index in [1.54, 1.807) is 45.3 Å². The SMILES string of the molecule is CC(C)(C)N(C(=O)O)[C@H](COCc1ccccc1)C(=O)Nc1cc2c3c(c[nH]c3c1)C=NNC2=O. The molecule has 3 amide bonds. The summed E-state index contributed by atoms with van der Waals surface area (Å²) in [6.45, 7) is 5.21. The molecule has 0 spiro atoms. The van der Waals surface area contributed by atoms with Crippen molar-refractivity contribution in [1.82, 2.24) is 15.3 Å². The van der Waals surface area contributed by atoms with Crippen LogP contribution in [0.4, 0.5) is 10.5 Å². The normalized spacial score (nSPS) is 13.7. The number of anilines is 1. The second-order valence-electron chi connectivity index (χ2n) is 9.22. The molecule has 0 fully saturated rings. The summed E-state index contributed by atoms with van der Waals surface area (Å²) in [5.74, 6) is -0.982. The number of rotatable bonds is 7. The topological polar surface area (TPSA) is 136 Å². The Morgan fingerprint density at radius 1 is 1.20 bits per heavy atom. The lowest BCUT2D eigenvalue weighted by Crippen LogP contribution is -2.57. The molecule has 10 nitrogen and oxygen atoms in total. The van der Waals surface area contributed by atoms with Gasteiger partial charge in [-0.15, -0.1) is 0 Å². The van der Waals surface area contributed by atoms with E-state index in [1.807, 2.05) is 30.3 Å². The fourth-order valence-electron chi connectivity index (χ4n) is 4.11. The van der Waals surface area contributed by atoms with Gasteiger partial charge in [-0.05, 0) is 38.5 Å². The summed E-state index contributed by atoms with van der Waals surface area (Å²) in [5, 5.41) is 17.3. The van der Waals surface area contributed by atoms with Crippen LogP contribution in [0.5, 0.6) is 0 Å². The Morgan fingerprint density at radius 3 is 2.63 bits per heavy atom. The minimum Gasteiger partial charge on any atom is -0.465 e. The lowest BCUT2D eigenvalue weighted by Gasteiger charge is -2.38. The molecule has 0 radical (unpaired) electrons. The van der Waals surface area contributed by atoms with Crippen LogP contribution in [-0.4, -0.2) is 57.3 Å². The summed E-state index contributed by atoms with van der Waals surface area (Å²) in [7, 11) is 0. The maximum atomic E-state index is 13.4. The van der Waals surface area contributed by atoms with E-state index in [0.717, 1.165) is 16.0 Å². The molecule has 4 rings (SSSR count). The van der Waals surface area contributed by atoms with Gasteiger partial charge in [-0.1, -0.05) is 30.3 Å². The van der Waals surface area contributed by atoms with E-state index in [-0.39, 0.29) is 13.2 Å². The van der Waals surface area contributed by atoms with Crippen molar-refractivity contribution in [2.75, 3.05) is 11.9 Å². The molecule has 0 aliphatic carbocycles. The van der Waals surface area contributed by atoms with Crippen molar-refractivity contribution >= 4 is 40.7 Å².